The van der Waals surface area contributed by atoms with Crippen LogP contribution >= 0.6 is 11.6 Å². The topological polar surface area (TPSA) is 29.3 Å². The van der Waals surface area contributed by atoms with Gasteiger partial charge in [0, 0.05) is 34.5 Å². The molecule has 0 radical (unpaired) electrons. The van der Waals surface area contributed by atoms with Crippen molar-refractivity contribution >= 4 is 11.6 Å². The van der Waals surface area contributed by atoms with E-state index in [9.17, 15) is 0 Å². The molecule has 4 heteroatoms. The van der Waals surface area contributed by atoms with E-state index in [1.165, 1.54) is 24.8 Å². The summed E-state index contributed by atoms with van der Waals surface area (Å²) in [6.45, 7) is 6.55. The van der Waals surface area contributed by atoms with Crippen LogP contribution in [0.15, 0.2) is 34.9 Å². The SMILES string of the molecule is CN1C2CCC1[C@@H](c1cc(C(C)(C)C)no1)[C@@H](c1ccc(Cl)cc1)C2. The van der Waals surface area contributed by atoms with Crippen molar-refractivity contribution in [3.8, 4) is 0 Å². The van der Waals surface area contributed by atoms with Crippen molar-refractivity contribution in [1.82, 2.24) is 10.1 Å². The normalized spacial score (nSPS) is 30.0. The smallest absolute Gasteiger partial charge is 0.142 e. The molecule has 0 N–H and O–H groups in total. The molecule has 2 bridgehead atoms. The summed E-state index contributed by atoms with van der Waals surface area (Å²) >= 11 is 6.11. The number of piperidine rings is 1. The van der Waals surface area contributed by atoms with Crippen molar-refractivity contribution in [1.29, 1.82) is 0 Å². The minimum absolute atomic E-state index is 0.0102. The van der Waals surface area contributed by atoms with Gasteiger partial charge < -0.3 is 4.52 Å². The Morgan fingerprint density at radius 3 is 2.52 bits per heavy atom. The monoisotopic (exact) mass is 358 g/mol. The van der Waals surface area contributed by atoms with Gasteiger partial charge >= 0.3 is 0 Å². The van der Waals surface area contributed by atoms with E-state index in [4.69, 9.17) is 16.1 Å². The Hall–Kier alpha value is -1.32. The van der Waals surface area contributed by atoms with Crippen molar-refractivity contribution in [2.24, 2.45) is 0 Å². The lowest BCUT2D eigenvalue weighted by Crippen LogP contribution is -2.44. The van der Waals surface area contributed by atoms with Crippen LogP contribution in [0.2, 0.25) is 5.02 Å². The first-order valence-electron chi connectivity index (χ1n) is 9.29. The Balaban J connectivity index is 1.74. The molecule has 4 atom stereocenters. The zero-order valence-electron chi connectivity index (χ0n) is 15.5. The third-order valence-electron chi connectivity index (χ3n) is 6.19. The van der Waals surface area contributed by atoms with Gasteiger partial charge in [-0.3, -0.25) is 4.90 Å². The van der Waals surface area contributed by atoms with E-state index in [0.29, 0.717) is 23.9 Å². The number of hydrogen-bond acceptors (Lipinski definition) is 3. The van der Waals surface area contributed by atoms with Crippen LogP contribution < -0.4 is 0 Å². The summed E-state index contributed by atoms with van der Waals surface area (Å²) in [5.74, 6) is 1.86. The van der Waals surface area contributed by atoms with Gasteiger partial charge in [-0.25, -0.2) is 0 Å². The van der Waals surface area contributed by atoms with E-state index >= 15 is 0 Å². The maximum Gasteiger partial charge on any atom is 0.142 e. The van der Waals surface area contributed by atoms with Crippen molar-refractivity contribution < 1.29 is 4.52 Å². The summed E-state index contributed by atoms with van der Waals surface area (Å²) in [6.07, 6.45) is 3.69. The molecule has 25 heavy (non-hydrogen) atoms. The molecule has 1 aromatic carbocycles. The number of nitrogens with zero attached hydrogens (tertiary/aromatic N) is 2. The zero-order chi connectivity index (χ0) is 17.8. The Labute approximate surface area is 155 Å². The zero-order valence-corrected chi connectivity index (χ0v) is 16.3. The van der Waals surface area contributed by atoms with Crippen LogP contribution in [0, 0.1) is 0 Å². The molecule has 2 aliphatic rings. The average Bonchev–Trinajstić information content (AvgIpc) is 3.12. The van der Waals surface area contributed by atoms with Crippen LogP contribution in [0.4, 0.5) is 0 Å². The van der Waals surface area contributed by atoms with Crippen LogP contribution in [-0.2, 0) is 5.41 Å². The molecular formula is C21H27ClN2O. The second kappa shape index (κ2) is 6.14. The van der Waals surface area contributed by atoms with Gasteiger partial charge in [0.15, 0.2) is 0 Å². The number of hydrogen-bond donors (Lipinski definition) is 0. The maximum absolute atomic E-state index is 6.11. The highest BCUT2D eigenvalue weighted by molar-refractivity contribution is 6.30. The fraction of sp³-hybridized carbons (Fsp3) is 0.571. The van der Waals surface area contributed by atoms with Gasteiger partial charge in [0.2, 0.25) is 0 Å². The minimum Gasteiger partial charge on any atom is -0.361 e. The van der Waals surface area contributed by atoms with Gasteiger partial charge in [0.1, 0.15) is 5.76 Å². The lowest BCUT2D eigenvalue weighted by molar-refractivity contribution is 0.122. The Bertz CT molecular complexity index is 746. The highest BCUT2D eigenvalue weighted by Gasteiger charge is 2.48. The van der Waals surface area contributed by atoms with Gasteiger partial charge in [-0.2, -0.15) is 0 Å². The third kappa shape index (κ3) is 3.02. The molecular weight excluding hydrogens is 332 g/mol. The molecule has 0 amide bonds. The van der Waals surface area contributed by atoms with Crippen molar-refractivity contribution in [2.45, 2.75) is 69.4 Å². The molecule has 4 rings (SSSR count). The fourth-order valence-electron chi connectivity index (χ4n) is 4.71. The first-order chi connectivity index (χ1) is 11.8. The molecule has 1 aromatic heterocycles. The van der Waals surface area contributed by atoms with Gasteiger partial charge in [0.25, 0.3) is 0 Å². The lowest BCUT2D eigenvalue weighted by Gasteiger charge is -2.42. The van der Waals surface area contributed by atoms with Gasteiger partial charge in [0.05, 0.1) is 5.69 Å². The van der Waals surface area contributed by atoms with Crippen LogP contribution in [0.5, 0.6) is 0 Å². The molecule has 2 saturated heterocycles. The lowest BCUT2D eigenvalue weighted by atomic mass is 9.74. The number of aromatic nitrogens is 1. The molecule has 0 saturated carbocycles. The number of rotatable bonds is 2. The quantitative estimate of drug-likeness (QED) is 0.723. The maximum atomic E-state index is 6.11. The second-order valence-corrected chi connectivity index (χ2v) is 9.18. The van der Waals surface area contributed by atoms with E-state index < -0.39 is 0 Å². The summed E-state index contributed by atoms with van der Waals surface area (Å²) in [6, 6.07) is 11.8. The standard InChI is InChI=1S/C21H27ClN2O/c1-21(2,3)19-12-18(25-23-19)20-16(13-5-7-14(22)8-6-13)11-15-9-10-17(20)24(15)4/h5-8,12,15-17,20H,9-11H2,1-4H3/t15?,16-,17?,20+/m1/s1. The molecule has 0 spiro atoms. The number of benzene rings is 1. The minimum atomic E-state index is 0.0102. The number of fused-ring (bicyclic) bond motifs is 2. The molecule has 2 aliphatic heterocycles. The van der Waals surface area contributed by atoms with Crippen molar-refractivity contribution in [2.75, 3.05) is 7.05 Å². The van der Waals surface area contributed by atoms with E-state index in [1.54, 1.807) is 0 Å². The molecule has 134 valence electrons. The third-order valence-corrected chi connectivity index (χ3v) is 6.44. The first-order valence-corrected chi connectivity index (χ1v) is 9.67. The molecule has 3 heterocycles. The van der Waals surface area contributed by atoms with Crippen molar-refractivity contribution in [3.63, 3.8) is 0 Å². The summed E-state index contributed by atoms with van der Waals surface area (Å²) in [5.41, 5.74) is 2.42. The van der Waals surface area contributed by atoms with Crippen LogP contribution in [0.1, 0.15) is 68.9 Å². The van der Waals surface area contributed by atoms with Crippen LogP contribution in [0.25, 0.3) is 0 Å². The number of likely N-dealkylation sites (N-methyl/N-ethyl adjacent to an activating group) is 1. The highest BCUT2D eigenvalue weighted by Crippen LogP contribution is 2.51. The van der Waals surface area contributed by atoms with E-state index in [-0.39, 0.29) is 5.41 Å². The molecule has 2 aromatic rings. The van der Waals surface area contributed by atoms with Gasteiger partial charge in [-0.05, 0) is 49.9 Å². The predicted molar refractivity (Wildman–Crippen MR) is 101 cm³/mol. The predicted octanol–water partition coefficient (Wildman–Crippen LogP) is 5.36. The molecule has 3 nitrogen and oxygen atoms in total. The molecule has 0 aliphatic carbocycles. The van der Waals surface area contributed by atoms with Crippen molar-refractivity contribution in [3.05, 3.63) is 52.4 Å². The van der Waals surface area contributed by atoms with Crippen LogP contribution in [-0.4, -0.2) is 29.2 Å². The first kappa shape index (κ1) is 17.1. The second-order valence-electron chi connectivity index (χ2n) is 8.75. The largest absolute Gasteiger partial charge is 0.361 e. The molecule has 2 fully saturated rings. The van der Waals surface area contributed by atoms with Gasteiger partial charge in [-0.1, -0.05) is 49.7 Å². The summed E-state index contributed by atoms with van der Waals surface area (Å²) < 4.78 is 5.90. The van der Waals surface area contributed by atoms with Crippen LogP contribution in [0.3, 0.4) is 0 Å². The number of halogens is 1. The average molecular weight is 359 g/mol. The van der Waals surface area contributed by atoms with Gasteiger partial charge in [-0.15, -0.1) is 0 Å². The summed E-state index contributed by atoms with van der Waals surface area (Å²) in [4.78, 5) is 2.57. The Morgan fingerprint density at radius 1 is 1.16 bits per heavy atom. The van der Waals surface area contributed by atoms with E-state index in [1.807, 2.05) is 12.1 Å². The van der Waals surface area contributed by atoms with E-state index in [0.717, 1.165) is 16.5 Å². The summed E-state index contributed by atoms with van der Waals surface area (Å²) in [7, 11) is 2.27. The molecule has 2 unspecified atom stereocenters. The highest BCUT2D eigenvalue weighted by atomic mass is 35.5. The fourth-order valence-corrected chi connectivity index (χ4v) is 4.83. The summed E-state index contributed by atoms with van der Waals surface area (Å²) in [5, 5.41) is 5.19. The Morgan fingerprint density at radius 2 is 1.88 bits per heavy atom. The van der Waals surface area contributed by atoms with E-state index in [2.05, 4.69) is 56.1 Å². The Kier molecular flexibility index (Phi) is 4.20.